The van der Waals surface area contributed by atoms with Crippen molar-refractivity contribution in [2.45, 2.75) is 0 Å². The molecule has 4 N–H and O–H groups in total. The summed E-state index contributed by atoms with van der Waals surface area (Å²) in [6.07, 6.45) is 0. The predicted molar refractivity (Wildman–Crippen MR) is 70.9 cm³/mol. The standard InChI is InChI=1S/C13H10ClFN2O2/c14-9-3-2-8(6-10(9)15)19-12-4-1-7(13(17)18)5-11(12)16/h1-6H,16H2,(H2,17,18). The summed E-state index contributed by atoms with van der Waals surface area (Å²) < 4.78 is 18.7. The van der Waals surface area contributed by atoms with Crippen molar-refractivity contribution in [3.8, 4) is 11.5 Å². The molecule has 2 rings (SSSR count). The number of benzene rings is 2. The Morgan fingerprint density at radius 1 is 1.21 bits per heavy atom. The molecule has 19 heavy (non-hydrogen) atoms. The number of halogens is 2. The molecule has 2 aromatic carbocycles. The van der Waals surface area contributed by atoms with Gasteiger partial charge in [-0.2, -0.15) is 0 Å². The van der Waals surface area contributed by atoms with Crippen LogP contribution in [0.15, 0.2) is 36.4 Å². The molecule has 0 aliphatic heterocycles. The van der Waals surface area contributed by atoms with Crippen LogP contribution in [0.1, 0.15) is 10.4 Å². The van der Waals surface area contributed by atoms with Crippen molar-refractivity contribution >= 4 is 23.2 Å². The van der Waals surface area contributed by atoms with E-state index in [2.05, 4.69) is 0 Å². The summed E-state index contributed by atoms with van der Waals surface area (Å²) in [5, 5.41) is 0.00407. The minimum atomic E-state index is -0.591. The van der Waals surface area contributed by atoms with Crippen molar-refractivity contribution in [3.63, 3.8) is 0 Å². The Balaban J connectivity index is 2.28. The number of anilines is 1. The molecule has 0 spiro atoms. The summed E-state index contributed by atoms with van der Waals surface area (Å²) in [4.78, 5) is 11.0. The van der Waals surface area contributed by atoms with Crippen LogP contribution in [0.2, 0.25) is 5.02 Å². The minimum absolute atomic E-state index is 0.00407. The summed E-state index contributed by atoms with van der Waals surface area (Å²) in [5.74, 6) is -0.630. The van der Waals surface area contributed by atoms with E-state index in [0.29, 0.717) is 5.75 Å². The van der Waals surface area contributed by atoms with Gasteiger partial charge in [-0.1, -0.05) is 11.6 Å². The Morgan fingerprint density at radius 3 is 2.53 bits per heavy atom. The quantitative estimate of drug-likeness (QED) is 0.849. The Labute approximate surface area is 113 Å². The van der Waals surface area contributed by atoms with E-state index in [1.54, 1.807) is 0 Å². The van der Waals surface area contributed by atoms with Gasteiger partial charge in [0.2, 0.25) is 5.91 Å². The fourth-order valence-electron chi connectivity index (χ4n) is 1.46. The second kappa shape index (κ2) is 5.16. The van der Waals surface area contributed by atoms with Crippen molar-refractivity contribution < 1.29 is 13.9 Å². The lowest BCUT2D eigenvalue weighted by atomic mass is 10.2. The zero-order valence-corrected chi connectivity index (χ0v) is 10.4. The van der Waals surface area contributed by atoms with Gasteiger partial charge in [0, 0.05) is 11.6 Å². The van der Waals surface area contributed by atoms with Gasteiger partial charge in [0.05, 0.1) is 10.7 Å². The summed E-state index contributed by atoms with van der Waals surface area (Å²) in [7, 11) is 0. The first-order chi connectivity index (χ1) is 8.97. The van der Waals surface area contributed by atoms with Crippen molar-refractivity contribution in [2.24, 2.45) is 5.73 Å². The molecule has 0 saturated carbocycles. The Hall–Kier alpha value is -2.27. The van der Waals surface area contributed by atoms with Crippen LogP contribution in [0, 0.1) is 5.82 Å². The SMILES string of the molecule is NC(=O)c1ccc(Oc2ccc(Cl)c(F)c2)c(N)c1. The van der Waals surface area contributed by atoms with Gasteiger partial charge in [-0.3, -0.25) is 4.79 Å². The highest BCUT2D eigenvalue weighted by Gasteiger charge is 2.08. The van der Waals surface area contributed by atoms with Gasteiger partial charge in [-0.25, -0.2) is 4.39 Å². The van der Waals surface area contributed by atoms with Gasteiger partial charge >= 0.3 is 0 Å². The van der Waals surface area contributed by atoms with E-state index in [1.165, 1.54) is 30.3 Å². The van der Waals surface area contributed by atoms with E-state index in [0.717, 1.165) is 6.07 Å². The molecule has 0 aliphatic carbocycles. The molecule has 98 valence electrons. The van der Waals surface area contributed by atoms with Crippen LogP contribution in [0.5, 0.6) is 11.5 Å². The van der Waals surface area contributed by atoms with Crippen LogP contribution in [-0.2, 0) is 0 Å². The molecule has 0 aromatic heterocycles. The fourth-order valence-corrected chi connectivity index (χ4v) is 1.58. The highest BCUT2D eigenvalue weighted by molar-refractivity contribution is 6.30. The number of nitrogens with two attached hydrogens (primary N) is 2. The molecular weight excluding hydrogens is 271 g/mol. The molecule has 0 radical (unpaired) electrons. The van der Waals surface area contributed by atoms with E-state index < -0.39 is 11.7 Å². The molecule has 1 amide bonds. The monoisotopic (exact) mass is 280 g/mol. The summed E-state index contributed by atoms with van der Waals surface area (Å²) in [5.41, 5.74) is 11.3. The number of hydrogen-bond donors (Lipinski definition) is 2. The molecule has 0 unspecified atom stereocenters. The molecule has 0 saturated heterocycles. The number of rotatable bonds is 3. The number of carbonyl (C=O) groups is 1. The van der Waals surface area contributed by atoms with Gasteiger partial charge < -0.3 is 16.2 Å². The second-order valence-electron chi connectivity index (χ2n) is 3.79. The number of hydrogen-bond acceptors (Lipinski definition) is 3. The smallest absolute Gasteiger partial charge is 0.248 e. The molecular formula is C13H10ClFN2O2. The third kappa shape index (κ3) is 2.95. The van der Waals surface area contributed by atoms with Gasteiger partial charge in [-0.05, 0) is 30.3 Å². The first-order valence-electron chi connectivity index (χ1n) is 5.29. The van der Waals surface area contributed by atoms with Crippen molar-refractivity contribution in [3.05, 3.63) is 52.8 Å². The lowest BCUT2D eigenvalue weighted by Crippen LogP contribution is -2.11. The molecule has 4 nitrogen and oxygen atoms in total. The first-order valence-corrected chi connectivity index (χ1v) is 5.67. The molecule has 0 aliphatic rings. The van der Waals surface area contributed by atoms with Crippen LogP contribution in [-0.4, -0.2) is 5.91 Å². The Bertz CT molecular complexity index is 647. The minimum Gasteiger partial charge on any atom is -0.455 e. The van der Waals surface area contributed by atoms with Gasteiger partial charge in [0.25, 0.3) is 0 Å². The summed E-state index contributed by atoms with van der Waals surface area (Å²) in [6.45, 7) is 0. The average Bonchev–Trinajstić information content (AvgIpc) is 2.36. The van der Waals surface area contributed by atoms with E-state index in [9.17, 15) is 9.18 Å². The van der Waals surface area contributed by atoms with E-state index in [4.69, 9.17) is 27.8 Å². The normalized spacial score (nSPS) is 10.2. The van der Waals surface area contributed by atoms with Crippen molar-refractivity contribution in [2.75, 3.05) is 5.73 Å². The Kier molecular flexibility index (Phi) is 3.57. The van der Waals surface area contributed by atoms with Crippen LogP contribution < -0.4 is 16.2 Å². The maximum Gasteiger partial charge on any atom is 0.248 e. The molecule has 0 fully saturated rings. The van der Waals surface area contributed by atoms with Crippen molar-refractivity contribution in [1.29, 1.82) is 0 Å². The summed E-state index contributed by atoms with van der Waals surface area (Å²) >= 11 is 5.56. The van der Waals surface area contributed by atoms with E-state index in [1.807, 2.05) is 0 Å². The van der Waals surface area contributed by atoms with Crippen LogP contribution >= 0.6 is 11.6 Å². The molecule has 0 heterocycles. The number of primary amides is 1. The topological polar surface area (TPSA) is 78.3 Å². The highest BCUT2D eigenvalue weighted by atomic mass is 35.5. The van der Waals surface area contributed by atoms with Gasteiger partial charge in [0.15, 0.2) is 0 Å². The zero-order valence-electron chi connectivity index (χ0n) is 9.69. The third-order valence-electron chi connectivity index (χ3n) is 2.41. The van der Waals surface area contributed by atoms with Gasteiger partial charge in [0.1, 0.15) is 17.3 Å². The second-order valence-corrected chi connectivity index (χ2v) is 4.20. The van der Waals surface area contributed by atoms with Crippen LogP contribution in [0.3, 0.4) is 0 Å². The average molecular weight is 281 g/mol. The van der Waals surface area contributed by atoms with Crippen LogP contribution in [0.4, 0.5) is 10.1 Å². The molecule has 0 bridgehead atoms. The third-order valence-corrected chi connectivity index (χ3v) is 2.72. The first kappa shape index (κ1) is 13.2. The number of carbonyl (C=O) groups excluding carboxylic acids is 1. The molecule has 2 aromatic rings. The van der Waals surface area contributed by atoms with Gasteiger partial charge in [-0.15, -0.1) is 0 Å². The zero-order chi connectivity index (χ0) is 14.0. The maximum atomic E-state index is 13.2. The number of amides is 1. The molecule has 6 heteroatoms. The van der Waals surface area contributed by atoms with E-state index >= 15 is 0 Å². The van der Waals surface area contributed by atoms with E-state index in [-0.39, 0.29) is 22.0 Å². The highest BCUT2D eigenvalue weighted by Crippen LogP contribution is 2.29. The largest absolute Gasteiger partial charge is 0.455 e. The van der Waals surface area contributed by atoms with Crippen LogP contribution in [0.25, 0.3) is 0 Å². The lowest BCUT2D eigenvalue weighted by Gasteiger charge is -2.09. The molecule has 0 atom stereocenters. The van der Waals surface area contributed by atoms with Crippen molar-refractivity contribution in [1.82, 2.24) is 0 Å². The maximum absolute atomic E-state index is 13.2. The number of ether oxygens (including phenoxy) is 1. The fraction of sp³-hybridized carbons (Fsp3) is 0. The Morgan fingerprint density at radius 2 is 1.95 bits per heavy atom. The number of nitrogen functional groups attached to an aromatic ring is 1. The lowest BCUT2D eigenvalue weighted by molar-refractivity contribution is 0.100. The predicted octanol–water partition coefficient (Wildman–Crippen LogP) is 2.95. The summed E-state index contributed by atoms with van der Waals surface area (Å²) in [6, 6.07) is 8.38.